The summed E-state index contributed by atoms with van der Waals surface area (Å²) in [6.07, 6.45) is 8.86. The van der Waals surface area contributed by atoms with E-state index in [9.17, 15) is 0 Å². The van der Waals surface area contributed by atoms with Crippen LogP contribution in [-0.4, -0.2) is 25.5 Å². The molecular formula is C18H29BrN2O. The lowest BCUT2D eigenvalue weighted by molar-refractivity contribution is 0.303. The lowest BCUT2D eigenvalue weighted by atomic mass is 10.1. The molecule has 22 heavy (non-hydrogen) atoms. The first-order valence-corrected chi connectivity index (χ1v) is 8.42. The Bertz CT molecular complexity index is 448. The molecule has 3 nitrogen and oxygen atoms in total. The number of unbranched alkanes of at least 4 members (excludes halogenated alkanes) is 5. The van der Waals surface area contributed by atoms with Gasteiger partial charge in [0.2, 0.25) is 0 Å². The van der Waals surface area contributed by atoms with E-state index in [4.69, 9.17) is 4.74 Å². The van der Waals surface area contributed by atoms with E-state index in [1.807, 2.05) is 18.2 Å². The average molecular weight is 369 g/mol. The lowest BCUT2D eigenvalue weighted by Crippen LogP contribution is -2.30. The summed E-state index contributed by atoms with van der Waals surface area (Å²) in [5.74, 6) is 1.94. The third kappa shape index (κ3) is 6.39. The molecule has 0 radical (unpaired) electrons. The highest BCUT2D eigenvalue weighted by Gasteiger charge is 2.11. The van der Waals surface area contributed by atoms with Crippen molar-refractivity contribution in [3.05, 3.63) is 29.8 Å². The van der Waals surface area contributed by atoms with Gasteiger partial charge in [0.1, 0.15) is 11.6 Å². The number of para-hydroxylation sites is 1. The van der Waals surface area contributed by atoms with E-state index in [0.717, 1.165) is 49.7 Å². The quantitative estimate of drug-likeness (QED) is 0.638. The number of amidine groups is 1. The monoisotopic (exact) mass is 368 g/mol. The van der Waals surface area contributed by atoms with Gasteiger partial charge in [-0.2, -0.15) is 0 Å². The Balaban J connectivity index is 0.00000242. The van der Waals surface area contributed by atoms with Crippen LogP contribution in [0.15, 0.2) is 29.3 Å². The van der Waals surface area contributed by atoms with Gasteiger partial charge in [-0.25, -0.2) is 0 Å². The van der Waals surface area contributed by atoms with Crippen molar-refractivity contribution in [3.8, 4) is 5.75 Å². The minimum atomic E-state index is 0. The zero-order chi connectivity index (χ0) is 14.8. The number of aliphatic imine (C=N–C) groups is 1. The van der Waals surface area contributed by atoms with Crippen LogP contribution in [0.4, 0.5) is 0 Å². The molecule has 0 bridgehead atoms. The molecule has 1 heterocycles. The van der Waals surface area contributed by atoms with Crippen molar-refractivity contribution in [1.82, 2.24) is 5.32 Å². The van der Waals surface area contributed by atoms with Crippen molar-refractivity contribution in [1.29, 1.82) is 0 Å². The second-order valence-corrected chi connectivity index (χ2v) is 5.62. The van der Waals surface area contributed by atoms with Crippen LogP contribution in [0.3, 0.4) is 0 Å². The van der Waals surface area contributed by atoms with Crippen molar-refractivity contribution < 1.29 is 4.74 Å². The summed E-state index contributed by atoms with van der Waals surface area (Å²) >= 11 is 0. The fourth-order valence-electron chi connectivity index (χ4n) is 2.57. The molecule has 0 saturated carbocycles. The fraction of sp³-hybridized carbons (Fsp3) is 0.611. The van der Waals surface area contributed by atoms with Gasteiger partial charge >= 0.3 is 0 Å². The molecule has 2 rings (SSSR count). The zero-order valence-corrected chi connectivity index (χ0v) is 15.4. The third-order valence-corrected chi connectivity index (χ3v) is 3.79. The van der Waals surface area contributed by atoms with Crippen LogP contribution in [0.1, 0.15) is 57.4 Å². The Morgan fingerprint density at radius 3 is 2.64 bits per heavy atom. The highest BCUT2D eigenvalue weighted by molar-refractivity contribution is 8.93. The molecule has 0 aromatic heterocycles. The van der Waals surface area contributed by atoms with Crippen molar-refractivity contribution in [2.75, 3.05) is 19.7 Å². The second kappa shape index (κ2) is 11.5. The normalized spacial score (nSPS) is 13.8. The van der Waals surface area contributed by atoms with Gasteiger partial charge < -0.3 is 10.1 Å². The molecule has 1 aliphatic rings. The summed E-state index contributed by atoms with van der Waals surface area (Å²) < 4.78 is 5.98. The molecule has 0 aliphatic carbocycles. The van der Waals surface area contributed by atoms with Crippen LogP contribution < -0.4 is 10.1 Å². The average Bonchev–Trinajstić information content (AvgIpc) is 2.55. The summed E-state index contributed by atoms with van der Waals surface area (Å²) in [5.41, 5.74) is 1.10. The highest BCUT2D eigenvalue weighted by atomic mass is 79.9. The minimum absolute atomic E-state index is 0. The predicted octanol–water partition coefficient (Wildman–Crippen LogP) is 4.74. The molecule has 0 unspecified atom stereocenters. The van der Waals surface area contributed by atoms with Crippen molar-refractivity contribution in [3.63, 3.8) is 0 Å². The van der Waals surface area contributed by atoms with E-state index >= 15 is 0 Å². The summed E-state index contributed by atoms with van der Waals surface area (Å²) in [7, 11) is 0. The van der Waals surface area contributed by atoms with Gasteiger partial charge in [0.05, 0.1) is 12.2 Å². The van der Waals surface area contributed by atoms with Crippen LogP contribution in [0.25, 0.3) is 0 Å². The topological polar surface area (TPSA) is 33.6 Å². The predicted molar refractivity (Wildman–Crippen MR) is 99.7 cm³/mol. The van der Waals surface area contributed by atoms with Gasteiger partial charge in [0.15, 0.2) is 0 Å². The molecule has 0 spiro atoms. The van der Waals surface area contributed by atoms with E-state index in [1.165, 1.54) is 32.1 Å². The number of benzene rings is 1. The van der Waals surface area contributed by atoms with Crippen LogP contribution in [0.2, 0.25) is 0 Å². The number of halogens is 1. The van der Waals surface area contributed by atoms with E-state index in [2.05, 4.69) is 23.3 Å². The number of rotatable bonds is 9. The number of nitrogens with zero attached hydrogens (tertiary/aromatic N) is 1. The maximum atomic E-state index is 5.98. The molecule has 0 saturated heterocycles. The van der Waals surface area contributed by atoms with Gasteiger partial charge in [0.25, 0.3) is 0 Å². The molecule has 0 fully saturated rings. The summed E-state index contributed by atoms with van der Waals surface area (Å²) in [6, 6.07) is 8.22. The van der Waals surface area contributed by atoms with E-state index in [0.29, 0.717) is 0 Å². The van der Waals surface area contributed by atoms with Crippen LogP contribution in [0, 0.1) is 0 Å². The second-order valence-electron chi connectivity index (χ2n) is 5.62. The van der Waals surface area contributed by atoms with Gasteiger partial charge in [0, 0.05) is 13.1 Å². The molecule has 1 aliphatic heterocycles. The van der Waals surface area contributed by atoms with E-state index < -0.39 is 0 Å². The maximum Gasteiger partial charge on any atom is 0.132 e. The smallest absolute Gasteiger partial charge is 0.132 e. The number of ether oxygens (including phenoxy) is 1. The van der Waals surface area contributed by atoms with E-state index in [-0.39, 0.29) is 17.0 Å². The lowest BCUT2D eigenvalue weighted by Gasteiger charge is -2.17. The Morgan fingerprint density at radius 2 is 1.86 bits per heavy atom. The maximum absolute atomic E-state index is 5.98. The first-order valence-electron chi connectivity index (χ1n) is 8.42. The van der Waals surface area contributed by atoms with Gasteiger partial charge in [-0.15, -0.1) is 17.0 Å². The number of nitrogens with one attached hydrogen (secondary N) is 1. The molecule has 0 atom stereocenters. The largest absolute Gasteiger partial charge is 0.493 e. The Labute approximate surface area is 145 Å². The standard InChI is InChI=1S/C18H28N2O.BrH/c1-2-3-4-5-6-9-15-21-17-12-8-7-11-16(17)18-19-13-10-14-20-18;/h7-8,11-12H,2-6,9-10,13-15H2,1H3,(H,19,20);1H. The van der Waals surface area contributed by atoms with Gasteiger partial charge in [-0.3, -0.25) is 4.99 Å². The van der Waals surface area contributed by atoms with Crippen molar-refractivity contribution in [2.24, 2.45) is 4.99 Å². The van der Waals surface area contributed by atoms with Gasteiger partial charge in [-0.05, 0) is 25.0 Å². The first kappa shape index (κ1) is 19.0. The van der Waals surface area contributed by atoms with Crippen LogP contribution >= 0.6 is 17.0 Å². The van der Waals surface area contributed by atoms with Crippen molar-refractivity contribution >= 4 is 22.8 Å². The van der Waals surface area contributed by atoms with Crippen LogP contribution in [0.5, 0.6) is 5.75 Å². The van der Waals surface area contributed by atoms with Crippen molar-refractivity contribution in [2.45, 2.75) is 51.9 Å². The van der Waals surface area contributed by atoms with E-state index in [1.54, 1.807) is 0 Å². The van der Waals surface area contributed by atoms with Gasteiger partial charge in [-0.1, -0.05) is 51.2 Å². The molecular weight excluding hydrogens is 340 g/mol. The highest BCUT2D eigenvalue weighted by Crippen LogP contribution is 2.19. The molecule has 4 heteroatoms. The SMILES string of the molecule is Br.CCCCCCCCOc1ccccc1C1=NCCCN1. The Morgan fingerprint density at radius 1 is 1.09 bits per heavy atom. The zero-order valence-electron chi connectivity index (χ0n) is 13.6. The molecule has 1 aromatic carbocycles. The number of hydrogen-bond donors (Lipinski definition) is 1. The molecule has 1 N–H and O–H groups in total. The first-order chi connectivity index (χ1) is 10.4. The summed E-state index contributed by atoms with van der Waals surface area (Å²) in [5, 5.41) is 3.37. The minimum Gasteiger partial charge on any atom is -0.493 e. The summed E-state index contributed by atoms with van der Waals surface area (Å²) in [6.45, 7) is 4.97. The summed E-state index contributed by atoms with van der Waals surface area (Å²) in [4.78, 5) is 4.56. The molecule has 0 amide bonds. The third-order valence-electron chi connectivity index (χ3n) is 3.79. The fourth-order valence-corrected chi connectivity index (χ4v) is 2.57. The molecule has 1 aromatic rings. The van der Waals surface area contributed by atoms with Crippen LogP contribution in [-0.2, 0) is 0 Å². The Hall–Kier alpha value is -1.03. The molecule has 124 valence electrons. The Kier molecular flexibility index (Phi) is 9.96. The number of hydrogen-bond acceptors (Lipinski definition) is 3.